The third kappa shape index (κ3) is 4.86. The molecule has 6 heteroatoms. The molecule has 1 amide bonds. The Kier molecular flexibility index (Phi) is 7.07. The van der Waals surface area contributed by atoms with E-state index in [-0.39, 0.29) is 18.3 Å². The zero-order chi connectivity index (χ0) is 19.3. The summed E-state index contributed by atoms with van der Waals surface area (Å²) in [6.45, 7) is 3.21. The second kappa shape index (κ2) is 9.72. The summed E-state index contributed by atoms with van der Waals surface area (Å²) in [6, 6.07) is 20.2. The summed E-state index contributed by atoms with van der Waals surface area (Å²) in [7, 11) is 1.96. The summed E-state index contributed by atoms with van der Waals surface area (Å²) in [5.41, 5.74) is 3.59. The van der Waals surface area contributed by atoms with Crippen molar-refractivity contribution in [2.75, 3.05) is 26.7 Å². The molecule has 1 aliphatic rings. The Labute approximate surface area is 178 Å². The average molecular weight is 411 g/mol. The minimum atomic E-state index is 0. The summed E-state index contributed by atoms with van der Waals surface area (Å²) in [5.74, 6) is 0.602. The molecule has 1 unspecified atom stereocenters. The Morgan fingerprint density at radius 2 is 1.79 bits per heavy atom. The Morgan fingerprint density at radius 3 is 2.48 bits per heavy atom. The van der Waals surface area contributed by atoms with Crippen molar-refractivity contribution in [3.8, 4) is 11.3 Å². The maximum Gasteiger partial charge on any atom is 0.257 e. The van der Waals surface area contributed by atoms with Crippen molar-refractivity contribution in [1.82, 2.24) is 20.0 Å². The van der Waals surface area contributed by atoms with Crippen LogP contribution in [0.5, 0.6) is 0 Å². The standard InChI is InChI=1S/C23H26N4O.ClH/c1-24-14-19-12-13-26(15-19)23(28)21-17-27(16-18-8-4-2-5-9-18)25-22(21)20-10-6-3-7-11-20;/h2-11,17,19,24H,12-16H2,1H3;1H. The predicted molar refractivity (Wildman–Crippen MR) is 118 cm³/mol. The van der Waals surface area contributed by atoms with Crippen LogP contribution in [0.2, 0.25) is 0 Å². The third-order valence-corrected chi connectivity index (χ3v) is 5.29. The molecule has 1 aliphatic heterocycles. The van der Waals surface area contributed by atoms with Gasteiger partial charge in [0.25, 0.3) is 5.91 Å². The number of rotatable bonds is 6. The Hall–Kier alpha value is -2.63. The Balaban J connectivity index is 0.00000240. The molecule has 1 atom stereocenters. The van der Waals surface area contributed by atoms with E-state index in [1.165, 1.54) is 5.56 Å². The maximum atomic E-state index is 13.3. The van der Waals surface area contributed by atoms with Crippen molar-refractivity contribution < 1.29 is 4.79 Å². The third-order valence-electron chi connectivity index (χ3n) is 5.29. The molecular formula is C23H27ClN4O. The van der Waals surface area contributed by atoms with E-state index in [1.807, 2.05) is 71.4 Å². The first kappa shape index (κ1) is 21.1. The summed E-state index contributed by atoms with van der Waals surface area (Å²) in [6.07, 6.45) is 2.95. The van der Waals surface area contributed by atoms with Gasteiger partial charge in [-0.15, -0.1) is 12.4 Å². The van der Waals surface area contributed by atoms with Crippen molar-refractivity contribution in [2.45, 2.75) is 13.0 Å². The molecule has 1 fully saturated rings. The summed E-state index contributed by atoms with van der Waals surface area (Å²) >= 11 is 0. The topological polar surface area (TPSA) is 50.2 Å². The summed E-state index contributed by atoms with van der Waals surface area (Å²) < 4.78 is 1.88. The fourth-order valence-electron chi connectivity index (χ4n) is 3.88. The van der Waals surface area contributed by atoms with Gasteiger partial charge >= 0.3 is 0 Å². The van der Waals surface area contributed by atoms with Crippen molar-refractivity contribution in [3.05, 3.63) is 78.0 Å². The molecule has 0 saturated carbocycles. The van der Waals surface area contributed by atoms with Crippen LogP contribution >= 0.6 is 12.4 Å². The van der Waals surface area contributed by atoms with E-state index in [9.17, 15) is 4.79 Å². The monoisotopic (exact) mass is 410 g/mol. The van der Waals surface area contributed by atoms with Gasteiger partial charge in [0.2, 0.25) is 0 Å². The molecule has 2 aromatic carbocycles. The summed E-state index contributed by atoms with van der Waals surface area (Å²) in [4.78, 5) is 15.3. The number of carbonyl (C=O) groups is 1. The quantitative estimate of drug-likeness (QED) is 0.674. The zero-order valence-electron chi connectivity index (χ0n) is 16.6. The molecule has 1 N–H and O–H groups in total. The van der Waals surface area contributed by atoms with Gasteiger partial charge in [-0.1, -0.05) is 60.7 Å². The van der Waals surface area contributed by atoms with Crippen LogP contribution in [0.3, 0.4) is 0 Å². The van der Waals surface area contributed by atoms with Gasteiger partial charge in [-0.25, -0.2) is 0 Å². The molecular weight excluding hydrogens is 384 g/mol. The maximum absolute atomic E-state index is 13.3. The highest BCUT2D eigenvalue weighted by Crippen LogP contribution is 2.26. The second-order valence-corrected chi connectivity index (χ2v) is 7.40. The molecule has 152 valence electrons. The fourth-order valence-corrected chi connectivity index (χ4v) is 3.88. The zero-order valence-corrected chi connectivity index (χ0v) is 17.4. The smallest absolute Gasteiger partial charge is 0.257 e. The number of hydrogen-bond acceptors (Lipinski definition) is 3. The van der Waals surface area contributed by atoms with E-state index in [2.05, 4.69) is 17.4 Å². The van der Waals surface area contributed by atoms with Gasteiger partial charge in [0.1, 0.15) is 5.69 Å². The van der Waals surface area contributed by atoms with E-state index in [0.717, 1.165) is 37.3 Å². The highest BCUT2D eigenvalue weighted by atomic mass is 35.5. The molecule has 5 nitrogen and oxygen atoms in total. The molecule has 4 rings (SSSR count). The molecule has 1 aromatic heterocycles. The highest BCUT2D eigenvalue weighted by molar-refractivity contribution is 6.00. The van der Waals surface area contributed by atoms with Crippen molar-refractivity contribution in [1.29, 1.82) is 0 Å². The number of hydrogen-bond donors (Lipinski definition) is 1. The van der Waals surface area contributed by atoms with Crippen LogP contribution in [0.15, 0.2) is 66.9 Å². The van der Waals surface area contributed by atoms with E-state index in [1.54, 1.807) is 0 Å². The molecule has 0 radical (unpaired) electrons. The number of likely N-dealkylation sites (tertiary alicyclic amines) is 1. The minimum absolute atomic E-state index is 0. The van der Waals surface area contributed by atoms with Crippen LogP contribution in [-0.4, -0.2) is 47.3 Å². The molecule has 29 heavy (non-hydrogen) atoms. The van der Waals surface area contributed by atoms with Crippen LogP contribution in [0.1, 0.15) is 22.3 Å². The number of halogens is 1. The second-order valence-electron chi connectivity index (χ2n) is 7.40. The van der Waals surface area contributed by atoms with Crippen LogP contribution in [-0.2, 0) is 6.54 Å². The highest BCUT2D eigenvalue weighted by Gasteiger charge is 2.29. The first-order valence-electron chi connectivity index (χ1n) is 9.85. The van der Waals surface area contributed by atoms with Gasteiger partial charge < -0.3 is 10.2 Å². The first-order valence-corrected chi connectivity index (χ1v) is 9.85. The first-order chi connectivity index (χ1) is 13.7. The van der Waals surface area contributed by atoms with E-state index < -0.39 is 0 Å². The Morgan fingerprint density at radius 1 is 1.10 bits per heavy atom. The Bertz CT molecular complexity index is 927. The SMILES string of the molecule is CNCC1CCN(C(=O)c2cn(Cc3ccccc3)nc2-c2ccccc2)C1.Cl. The molecule has 0 spiro atoms. The normalized spacial score (nSPS) is 15.9. The lowest BCUT2D eigenvalue weighted by Gasteiger charge is -2.16. The lowest BCUT2D eigenvalue weighted by Crippen LogP contribution is -2.30. The lowest BCUT2D eigenvalue weighted by atomic mass is 10.1. The van der Waals surface area contributed by atoms with Crippen LogP contribution < -0.4 is 5.32 Å². The van der Waals surface area contributed by atoms with Crippen molar-refractivity contribution in [2.24, 2.45) is 5.92 Å². The van der Waals surface area contributed by atoms with Crippen LogP contribution in [0, 0.1) is 5.92 Å². The molecule has 1 saturated heterocycles. The predicted octanol–water partition coefficient (Wildman–Crippen LogP) is 3.70. The average Bonchev–Trinajstić information content (AvgIpc) is 3.37. The molecule has 0 bridgehead atoms. The van der Waals surface area contributed by atoms with Gasteiger partial charge in [0.15, 0.2) is 0 Å². The number of aromatic nitrogens is 2. The number of carbonyl (C=O) groups excluding carboxylic acids is 1. The number of benzene rings is 2. The molecule has 3 aromatic rings. The number of nitrogens with one attached hydrogen (secondary N) is 1. The van der Waals surface area contributed by atoms with E-state index in [0.29, 0.717) is 18.0 Å². The largest absolute Gasteiger partial charge is 0.338 e. The van der Waals surface area contributed by atoms with Gasteiger partial charge in [0.05, 0.1) is 12.1 Å². The van der Waals surface area contributed by atoms with Gasteiger partial charge in [0, 0.05) is 24.8 Å². The summed E-state index contributed by atoms with van der Waals surface area (Å²) in [5, 5.41) is 8.00. The van der Waals surface area contributed by atoms with E-state index >= 15 is 0 Å². The van der Waals surface area contributed by atoms with Crippen LogP contribution in [0.4, 0.5) is 0 Å². The molecule has 2 heterocycles. The lowest BCUT2D eigenvalue weighted by molar-refractivity contribution is 0.0788. The number of amides is 1. The van der Waals surface area contributed by atoms with Crippen LogP contribution in [0.25, 0.3) is 11.3 Å². The van der Waals surface area contributed by atoms with E-state index in [4.69, 9.17) is 5.10 Å². The van der Waals surface area contributed by atoms with Crippen molar-refractivity contribution >= 4 is 18.3 Å². The van der Waals surface area contributed by atoms with Gasteiger partial charge in [-0.2, -0.15) is 5.10 Å². The minimum Gasteiger partial charge on any atom is -0.338 e. The van der Waals surface area contributed by atoms with Gasteiger partial charge in [-0.3, -0.25) is 9.48 Å². The number of nitrogens with zero attached hydrogens (tertiary/aromatic N) is 3. The van der Waals surface area contributed by atoms with Gasteiger partial charge in [-0.05, 0) is 31.5 Å². The molecule has 0 aliphatic carbocycles. The fraction of sp³-hybridized carbons (Fsp3) is 0.304. The van der Waals surface area contributed by atoms with Crippen molar-refractivity contribution in [3.63, 3.8) is 0 Å².